The summed E-state index contributed by atoms with van der Waals surface area (Å²) in [5.41, 5.74) is 0.685. The minimum Gasteiger partial charge on any atom is -0.325 e. The van der Waals surface area contributed by atoms with E-state index in [1.807, 2.05) is 12.1 Å². The molecule has 1 amide bonds. The van der Waals surface area contributed by atoms with Crippen LogP contribution in [0.15, 0.2) is 22.7 Å². The normalized spacial score (nSPS) is 16.3. The number of carbonyl (C=O) groups excluding carboxylic acids is 1. The highest BCUT2D eigenvalue weighted by Crippen LogP contribution is 2.28. The van der Waals surface area contributed by atoms with Crippen molar-refractivity contribution < 1.29 is 4.79 Å². The van der Waals surface area contributed by atoms with Gasteiger partial charge in [0.1, 0.15) is 0 Å². The standard InChI is InChI=1S/C15H19BrClNO/c16-12-7-8-13(17)14(10-12)18-15(19)9-6-11-4-2-1-3-5-11/h7-8,10-11H,1-6,9H2,(H,18,19). The molecule has 2 rings (SSSR count). The van der Waals surface area contributed by atoms with E-state index >= 15 is 0 Å². The van der Waals surface area contributed by atoms with Gasteiger partial charge in [-0.2, -0.15) is 0 Å². The molecule has 4 heteroatoms. The Balaban J connectivity index is 1.81. The molecular weight excluding hydrogens is 326 g/mol. The molecule has 1 saturated carbocycles. The molecule has 0 atom stereocenters. The Morgan fingerprint density at radius 2 is 2.05 bits per heavy atom. The second kappa shape index (κ2) is 7.30. The predicted octanol–water partition coefficient (Wildman–Crippen LogP) is 5.40. The number of rotatable bonds is 4. The van der Waals surface area contributed by atoms with Crippen LogP contribution in [-0.2, 0) is 4.79 Å². The monoisotopic (exact) mass is 343 g/mol. The first kappa shape index (κ1) is 14.9. The van der Waals surface area contributed by atoms with Gasteiger partial charge in [-0.25, -0.2) is 0 Å². The Kier molecular flexibility index (Phi) is 5.71. The van der Waals surface area contributed by atoms with Gasteiger partial charge in [-0.15, -0.1) is 0 Å². The Morgan fingerprint density at radius 1 is 1.32 bits per heavy atom. The van der Waals surface area contributed by atoms with Gasteiger partial charge in [0.25, 0.3) is 0 Å². The number of amides is 1. The second-order valence-corrected chi connectivity index (χ2v) is 6.54. The summed E-state index contributed by atoms with van der Waals surface area (Å²) in [4.78, 5) is 11.9. The van der Waals surface area contributed by atoms with Crippen molar-refractivity contribution >= 4 is 39.1 Å². The number of anilines is 1. The molecule has 0 unspecified atom stereocenters. The third-order valence-corrected chi connectivity index (χ3v) is 4.53. The average molecular weight is 345 g/mol. The predicted molar refractivity (Wildman–Crippen MR) is 83.6 cm³/mol. The maximum absolute atomic E-state index is 11.9. The van der Waals surface area contributed by atoms with Crippen molar-refractivity contribution in [1.29, 1.82) is 0 Å². The van der Waals surface area contributed by atoms with Gasteiger partial charge < -0.3 is 5.32 Å². The average Bonchev–Trinajstić information content (AvgIpc) is 2.42. The van der Waals surface area contributed by atoms with Crippen LogP contribution in [0.25, 0.3) is 0 Å². The fourth-order valence-electron chi connectivity index (χ4n) is 2.62. The molecule has 1 N–H and O–H groups in total. The molecule has 1 aromatic rings. The first-order chi connectivity index (χ1) is 9.15. The van der Waals surface area contributed by atoms with Crippen LogP contribution < -0.4 is 5.32 Å². The van der Waals surface area contributed by atoms with Gasteiger partial charge >= 0.3 is 0 Å². The molecule has 1 aliphatic carbocycles. The first-order valence-electron chi connectivity index (χ1n) is 6.90. The maximum atomic E-state index is 11.9. The Bertz CT molecular complexity index is 444. The van der Waals surface area contributed by atoms with Crippen LogP contribution in [0.2, 0.25) is 5.02 Å². The van der Waals surface area contributed by atoms with Crippen LogP contribution >= 0.6 is 27.5 Å². The molecule has 19 heavy (non-hydrogen) atoms. The van der Waals surface area contributed by atoms with E-state index in [9.17, 15) is 4.79 Å². The van der Waals surface area contributed by atoms with Crippen LogP contribution in [0.1, 0.15) is 44.9 Å². The lowest BCUT2D eigenvalue weighted by molar-refractivity contribution is -0.116. The molecule has 0 bridgehead atoms. The number of carbonyl (C=O) groups is 1. The van der Waals surface area contributed by atoms with Crippen LogP contribution in [0.5, 0.6) is 0 Å². The van der Waals surface area contributed by atoms with Gasteiger partial charge in [0.2, 0.25) is 5.91 Å². The summed E-state index contributed by atoms with van der Waals surface area (Å²) < 4.78 is 0.916. The van der Waals surface area contributed by atoms with Crippen molar-refractivity contribution in [3.8, 4) is 0 Å². The largest absolute Gasteiger partial charge is 0.325 e. The van der Waals surface area contributed by atoms with Gasteiger partial charge in [-0.1, -0.05) is 59.6 Å². The minimum absolute atomic E-state index is 0.0607. The highest BCUT2D eigenvalue weighted by molar-refractivity contribution is 9.10. The zero-order valence-electron chi connectivity index (χ0n) is 10.9. The van der Waals surface area contributed by atoms with Crippen LogP contribution in [0, 0.1) is 5.92 Å². The molecule has 0 heterocycles. The van der Waals surface area contributed by atoms with Crippen LogP contribution in [-0.4, -0.2) is 5.91 Å². The first-order valence-corrected chi connectivity index (χ1v) is 8.07. The molecule has 0 aromatic heterocycles. The summed E-state index contributed by atoms with van der Waals surface area (Å²) in [6, 6.07) is 5.48. The maximum Gasteiger partial charge on any atom is 0.224 e. The van der Waals surface area contributed by atoms with Gasteiger partial charge in [-0.05, 0) is 30.5 Å². The fraction of sp³-hybridized carbons (Fsp3) is 0.533. The molecular formula is C15H19BrClNO. The Hall–Kier alpha value is -0.540. The van der Waals surface area contributed by atoms with Crippen molar-refractivity contribution in [2.24, 2.45) is 5.92 Å². The number of benzene rings is 1. The number of hydrogen-bond acceptors (Lipinski definition) is 1. The molecule has 1 aromatic carbocycles. The molecule has 0 saturated heterocycles. The van der Waals surface area contributed by atoms with Gasteiger partial charge in [0.05, 0.1) is 10.7 Å². The molecule has 1 aliphatic rings. The molecule has 104 valence electrons. The van der Waals surface area contributed by atoms with Gasteiger partial charge in [0.15, 0.2) is 0 Å². The number of halogens is 2. The summed E-state index contributed by atoms with van der Waals surface area (Å²) in [5.74, 6) is 0.794. The summed E-state index contributed by atoms with van der Waals surface area (Å²) in [7, 11) is 0. The molecule has 1 fully saturated rings. The quantitative estimate of drug-likeness (QED) is 0.778. The Morgan fingerprint density at radius 3 is 2.79 bits per heavy atom. The lowest BCUT2D eigenvalue weighted by atomic mass is 9.86. The number of nitrogens with one attached hydrogen (secondary N) is 1. The molecule has 2 nitrogen and oxygen atoms in total. The van der Waals surface area contributed by atoms with E-state index in [4.69, 9.17) is 11.6 Å². The van der Waals surface area contributed by atoms with Crippen molar-refractivity contribution in [3.63, 3.8) is 0 Å². The van der Waals surface area contributed by atoms with Crippen molar-refractivity contribution in [2.45, 2.75) is 44.9 Å². The SMILES string of the molecule is O=C(CCC1CCCCC1)Nc1cc(Br)ccc1Cl. The zero-order chi connectivity index (χ0) is 13.7. The summed E-state index contributed by atoms with van der Waals surface area (Å²) >= 11 is 9.43. The zero-order valence-corrected chi connectivity index (χ0v) is 13.3. The topological polar surface area (TPSA) is 29.1 Å². The summed E-state index contributed by atoms with van der Waals surface area (Å²) in [6.45, 7) is 0. The molecule has 0 aliphatic heterocycles. The van der Waals surface area contributed by atoms with Crippen molar-refractivity contribution in [2.75, 3.05) is 5.32 Å². The Labute approximate surface area is 128 Å². The van der Waals surface area contributed by atoms with Crippen LogP contribution in [0.4, 0.5) is 5.69 Å². The molecule has 0 spiro atoms. The highest BCUT2D eigenvalue weighted by Gasteiger charge is 2.15. The van der Waals surface area contributed by atoms with Crippen LogP contribution in [0.3, 0.4) is 0 Å². The van der Waals surface area contributed by atoms with E-state index in [-0.39, 0.29) is 5.91 Å². The smallest absolute Gasteiger partial charge is 0.224 e. The van der Waals surface area contributed by atoms with E-state index in [0.717, 1.165) is 16.8 Å². The second-order valence-electron chi connectivity index (χ2n) is 5.22. The molecule has 0 radical (unpaired) electrons. The van der Waals surface area contributed by atoms with Gasteiger partial charge in [-0.3, -0.25) is 4.79 Å². The third-order valence-electron chi connectivity index (χ3n) is 3.71. The fourth-order valence-corrected chi connectivity index (χ4v) is 3.14. The van der Waals surface area contributed by atoms with Crippen molar-refractivity contribution in [3.05, 3.63) is 27.7 Å². The number of hydrogen-bond donors (Lipinski definition) is 1. The highest BCUT2D eigenvalue weighted by atomic mass is 79.9. The minimum atomic E-state index is 0.0607. The van der Waals surface area contributed by atoms with E-state index in [1.54, 1.807) is 6.07 Å². The lowest BCUT2D eigenvalue weighted by Gasteiger charge is -2.21. The van der Waals surface area contributed by atoms with Crippen molar-refractivity contribution in [1.82, 2.24) is 0 Å². The van der Waals surface area contributed by atoms with E-state index in [2.05, 4.69) is 21.2 Å². The van der Waals surface area contributed by atoms with E-state index in [0.29, 0.717) is 17.1 Å². The van der Waals surface area contributed by atoms with Gasteiger partial charge in [0, 0.05) is 10.9 Å². The lowest BCUT2D eigenvalue weighted by Crippen LogP contribution is -2.15. The van der Waals surface area contributed by atoms with E-state index < -0.39 is 0 Å². The summed E-state index contributed by atoms with van der Waals surface area (Å²) in [6.07, 6.45) is 8.16. The summed E-state index contributed by atoms with van der Waals surface area (Å²) in [5, 5.41) is 3.47. The third kappa shape index (κ3) is 4.81. The van der Waals surface area contributed by atoms with E-state index in [1.165, 1.54) is 32.1 Å².